The summed E-state index contributed by atoms with van der Waals surface area (Å²) in [6, 6.07) is 0. The van der Waals surface area contributed by atoms with Crippen molar-refractivity contribution in [1.82, 2.24) is 4.90 Å². The van der Waals surface area contributed by atoms with Crippen LogP contribution in [0.5, 0.6) is 0 Å². The molecule has 0 aromatic rings. The van der Waals surface area contributed by atoms with Crippen LogP contribution in [0.25, 0.3) is 0 Å². The average molecular weight is 142 g/mol. The molecule has 0 aromatic carbocycles. The van der Waals surface area contributed by atoms with Crippen LogP contribution in [0.1, 0.15) is 6.92 Å². The van der Waals surface area contributed by atoms with Gasteiger partial charge >= 0.3 is 0 Å². The van der Waals surface area contributed by atoms with E-state index in [1.165, 1.54) is 11.0 Å². The van der Waals surface area contributed by atoms with Gasteiger partial charge in [0.1, 0.15) is 0 Å². The number of hydrogen-bond donors (Lipinski definition) is 2. The Morgan fingerprint density at radius 3 is 2.70 bits per heavy atom. The molecule has 1 unspecified atom stereocenters. The second-order valence-corrected chi connectivity index (χ2v) is 2.29. The number of aliphatic hydroxyl groups excluding tert-OH is 1. The van der Waals surface area contributed by atoms with E-state index in [1.807, 2.05) is 0 Å². The van der Waals surface area contributed by atoms with Crippen molar-refractivity contribution in [3.63, 3.8) is 0 Å². The molecule has 1 aliphatic heterocycles. The van der Waals surface area contributed by atoms with Gasteiger partial charge in [0.2, 0.25) is 0 Å². The monoisotopic (exact) mass is 142 g/mol. The first-order chi connectivity index (χ1) is 4.63. The summed E-state index contributed by atoms with van der Waals surface area (Å²) >= 11 is 0. The quantitative estimate of drug-likeness (QED) is 0.522. The van der Waals surface area contributed by atoms with Gasteiger partial charge in [0.15, 0.2) is 5.76 Å². The number of amides is 1. The summed E-state index contributed by atoms with van der Waals surface area (Å²) in [5.41, 5.74) is 5.41. The number of nitrogens with zero attached hydrogens (tertiary/aromatic N) is 1. The molecular formula is C6H10N2O2. The third kappa shape index (κ3) is 0.974. The molecule has 10 heavy (non-hydrogen) atoms. The van der Waals surface area contributed by atoms with Crippen LogP contribution >= 0.6 is 0 Å². The Hall–Kier alpha value is -1.03. The first kappa shape index (κ1) is 7.08. The van der Waals surface area contributed by atoms with Crippen molar-refractivity contribution in [3.8, 4) is 0 Å². The summed E-state index contributed by atoms with van der Waals surface area (Å²) in [7, 11) is 0. The van der Waals surface area contributed by atoms with E-state index in [2.05, 4.69) is 0 Å². The fraction of sp³-hybridized carbons (Fsp3) is 0.500. The number of aliphatic hydroxyl groups is 1. The maximum Gasteiger partial charge on any atom is 0.289 e. The summed E-state index contributed by atoms with van der Waals surface area (Å²) in [6.45, 7) is 2.12. The highest BCUT2D eigenvalue weighted by Crippen LogP contribution is 2.08. The maximum atomic E-state index is 10.9. The Balaban J connectivity index is 2.65. The van der Waals surface area contributed by atoms with Crippen molar-refractivity contribution in [2.24, 2.45) is 5.73 Å². The third-order valence-corrected chi connectivity index (χ3v) is 1.45. The van der Waals surface area contributed by atoms with Crippen LogP contribution in [-0.4, -0.2) is 28.6 Å². The molecule has 0 saturated carbocycles. The van der Waals surface area contributed by atoms with Crippen molar-refractivity contribution in [1.29, 1.82) is 0 Å². The standard InChI is InChI=1S/C6H10N2O2/c1-4(7)8-3-2-5(9)6(8)10/h2,4,9H,3,7H2,1H3. The van der Waals surface area contributed by atoms with Gasteiger partial charge in [-0.25, -0.2) is 0 Å². The minimum absolute atomic E-state index is 0.197. The lowest BCUT2D eigenvalue weighted by atomic mass is 10.5. The Kier molecular flexibility index (Phi) is 1.63. The van der Waals surface area contributed by atoms with Gasteiger partial charge in [-0.3, -0.25) is 4.79 Å². The molecule has 56 valence electrons. The molecule has 1 heterocycles. The van der Waals surface area contributed by atoms with Gasteiger partial charge in [-0.05, 0) is 13.0 Å². The van der Waals surface area contributed by atoms with Crippen LogP contribution in [0.3, 0.4) is 0 Å². The van der Waals surface area contributed by atoms with Gasteiger partial charge in [0.05, 0.1) is 6.17 Å². The van der Waals surface area contributed by atoms with Crippen molar-refractivity contribution in [2.75, 3.05) is 6.54 Å². The molecule has 1 amide bonds. The highest BCUT2D eigenvalue weighted by molar-refractivity contribution is 5.93. The number of rotatable bonds is 1. The Morgan fingerprint density at radius 2 is 2.50 bits per heavy atom. The molecule has 0 fully saturated rings. The summed E-state index contributed by atoms with van der Waals surface area (Å²) in [5, 5.41) is 8.83. The molecule has 0 bridgehead atoms. The van der Waals surface area contributed by atoms with E-state index in [0.29, 0.717) is 6.54 Å². The predicted octanol–water partition coefficient (Wildman–Crippen LogP) is -0.425. The van der Waals surface area contributed by atoms with Crippen molar-refractivity contribution in [2.45, 2.75) is 13.1 Å². The van der Waals surface area contributed by atoms with Gasteiger partial charge < -0.3 is 15.7 Å². The molecule has 1 atom stereocenters. The summed E-state index contributed by atoms with van der Waals surface area (Å²) in [5.74, 6) is -0.577. The second-order valence-electron chi connectivity index (χ2n) is 2.29. The van der Waals surface area contributed by atoms with Crippen LogP contribution in [0, 0.1) is 0 Å². The molecular weight excluding hydrogens is 132 g/mol. The maximum absolute atomic E-state index is 10.9. The topological polar surface area (TPSA) is 66.6 Å². The molecule has 0 spiro atoms. The zero-order chi connectivity index (χ0) is 7.72. The first-order valence-corrected chi connectivity index (χ1v) is 3.08. The Labute approximate surface area is 58.9 Å². The van der Waals surface area contributed by atoms with Gasteiger partial charge in [0.25, 0.3) is 5.91 Å². The molecule has 0 saturated heterocycles. The van der Waals surface area contributed by atoms with E-state index in [0.717, 1.165) is 0 Å². The predicted molar refractivity (Wildman–Crippen MR) is 36.1 cm³/mol. The lowest BCUT2D eigenvalue weighted by molar-refractivity contribution is -0.129. The van der Waals surface area contributed by atoms with Gasteiger partial charge in [-0.15, -0.1) is 0 Å². The lowest BCUT2D eigenvalue weighted by Crippen LogP contribution is -2.41. The van der Waals surface area contributed by atoms with E-state index in [9.17, 15) is 4.79 Å². The summed E-state index contributed by atoms with van der Waals surface area (Å²) < 4.78 is 0. The fourth-order valence-electron chi connectivity index (χ4n) is 0.853. The molecule has 1 aliphatic rings. The number of carbonyl (C=O) groups is 1. The minimum Gasteiger partial charge on any atom is -0.503 e. The van der Waals surface area contributed by atoms with E-state index in [-0.39, 0.29) is 17.8 Å². The van der Waals surface area contributed by atoms with E-state index >= 15 is 0 Å². The fourth-order valence-corrected chi connectivity index (χ4v) is 0.853. The van der Waals surface area contributed by atoms with Crippen molar-refractivity contribution in [3.05, 3.63) is 11.8 Å². The van der Waals surface area contributed by atoms with E-state index in [1.54, 1.807) is 6.92 Å². The van der Waals surface area contributed by atoms with Crippen LogP contribution in [-0.2, 0) is 4.79 Å². The normalized spacial score (nSPS) is 21.2. The minimum atomic E-state index is -0.380. The molecule has 4 heteroatoms. The van der Waals surface area contributed by atoms with Crippen molar-refractivity contribution >= 4 is 5.91 Å². The van der Waals surface area contributed by atoms with Crippen LogP contribution in [0.2, 0.25) is 0 Å². The summed E-state index contributed by atoms with van der Waals surface area (Å²) in [6.07, 6.45) is 1.12. The van der Waals surface area contributed by atoms with Crippen LogP contribution in [0.15, 0.2) is 11.8 Å². The average Bonchev–Trinajstić information content (AvgIpc) is 2.14. The summed E-state index contributed by atoms with van der Waals surface area (Å²) in [4.78, 5) is 12.3. The van der Waals surface area contributed by atoms with Gasteiger partial charge in [-0.2, -0.15) is 0 Å². The van der Waals surface area contributed by atoms with E-state index in [4.69, 9.17) is 10.8 Å². The van der Waals surface area contributed by atoms with Crippen molar-refractivity contribution < 1.29 is 9.90 Å². The SMILES string of the molecule is CC(N)N1CC=C(O)C1=O. The third-order valence-electron chi connectivity index (χ3n) is 1.45. The number of carbonyl (C=O) groups excluding carboxylic acids is 1. The Morgan fingerprint density at radius 1 is 1.90 bits per heavy atom. The zero-order valence-electron chi connectivity index (χ0n) is 5.74. The molecule has 3 N–H and O–H groups in total. The van der Waals surface area contributed by atoms with Gasteiger partial charge in [0, 0.05) is 6.54 Å². The molecule has 0 aliphatic carbocycles. The number of hydrogen-bond acceptors (Lipinski definition) is 3. The largest absolute Gasteiger partial charge is 0.503 e. The highest BCUT2D eigenvalue weighted by Gasteiger charge is 2.24. The molecule has 1 rings (SSSR count). The molecule has 0 aromatic heterocycles. The lowest BCUT2D eigenvalue weighted by Gasteiger charge is -2.19. The highest BCUT2D eigenvalue weighted by atomic mass is 16.3. The van der Waals surface area contributed by atoms with E-state index < -0.39 is 0 Å². The molecule has 0 radical (unpaired) electrons. The molecule has 4 nitrogen and oxygen atoms in total. The second kappa shape index (κ2) is 2.30. The first-order valence-electron chi connectivity index (χ1n) is 3.08. The van der Waals surface area contributed by atoms with Gasteiger partial charge in [-0.1, -0.05) is 0 Å². The number of nitrogens with two attached hydrogens (primary N) is 1. The Bertz CT molecular complexity index is 186. The van der Waals surface area contributed by atoms with Crippen LogP contribution in [0.4, 0.5) is 0 Å². The van der Waals surface area contributed by atoms with Crippen LogP contribution < -0.4 is 5.73 Å². The zero-order valence-corrected chi connectivity index (χ0v) is 5.74. The smallest absolute Gasteiger partial charge is 0.289 e.